The van der Waals surface area contributed by atoms with E-state index in [1.165, 1.54) is 64.3 Å². The molecule has 4 aromatic heterocycles. The lowest BCUT2D eigenvalue weighted by Gasteiger charge is -2.32. The van der Waals surface area contributed by atoms with Crippen molar-refractivity contribution in [2.45, 2.75) is 24.9 Å². The molecule has 0 saturated heterocycles. The zero-order chi connectivity index (χ0) is 31.9. The fraction of sp³-hybridized carbons (Fsp3) is 0.167. The molecule has 0 unspecified atom stereocenters. The van der Waals surface area contributed by atoms with E-state index < -0.39 is 0 Å². The van der Waals surface area contributed by atoms with E-state index in [1.54, 1.807) is 45.3 Å². The SMILES string of the molecule is C=CC(=O)N1Cc2sc(Cl)cc2[C@@H](c2csc3ccccc23)C1.C=CC(=O)N1Cc2sc(Cl)cc2[C@H](c2csc3ccccc23)C1. The van der Waals surface area contributed by atoms with Crippen LogP contribution in [0.3, 0.4) is 0 Å². The van der Waals surface area contributed by atoms with Gasteiger partial charge >= 0.3 is 0 Å². The fourth-order valence-corrected chi connectivity index (χ4v) is 11.2. The van der Waals surface area contributed by atoms with Crippen molar-refractivity contribution in [2.24, 2.45) is 0 Å². The zero-order valence-electron chi connectivity index (χ0n) is 24.6. The van der Waals surface area contributed by atoms with Gasteiger partial charge in [-0.15, -0.1) is 45.3 Å². The van der Waals surface area contributed by atoms with E-state index in [9.17, 15) is 9.59 Å². The van der Waals surface area contributed by atoms with Crippen molar-refractivity contribution in [3.05, 3.63) is 137 Å². The van der Waals surface area contributed by atoms with Gasteiger partial charge in [0.15, 0.2) is 0 Å². The highest BCUT2D eigenvalue weighted by Gasteiger charge is 2.33. The molecule has 0 N–H and O–H groups in total. The summed E-state index contributed by atoms with van der Waals surface area (Å²) < 4.78 is 4.12. The zero-order valence-corrected chi connectivity index (χ0v) is 29.4. The van der Waals surface area contributed by atoms with Crippen LogP contribution in [0.2, 0.25) is 8.67 Å². The summed E-state index contributed by atoms with van der Waals surface area (Å²) in [6.45, 7) is 9.83. The molecule has 8 rings (SSSR count). The first kappa shape index (κ1) is 31.4. The maximum absolute atomic E-state index is 12.1. The summed E-state index contributed by atoms with van der Waals surface area (Å²) in [7, 11) is 0. The van der Waals surface area contributed by atoms with E-state index in [4.69, 9.17) is 23.2 Å². The Kier molecular flexibility index (Phi) is 8.94. The second kappa shape index (κ2) is 13.1. The molecule has 0 radical (unpaired) electrons. The van der Waals surface area contributed by atoms with Gasteiger partial charge in [-0.2, -0.15) is 0 Å². The number of halogens is 2. The van der Waals surface area contributed by atoms with Crippen LogP contribution in [0.1, 0.15) is 43.8 Å². The van der Waals surface area contributed by atoms with Crippen LogP contribution < -0.4 is 0 Å². The number of amides is 2. The second-order valence-corrected chi connectivity index (χ2v) is 16.5. The Morgan fingerprint density at radius 1 is 0.674 bits per heavy atom. The number of benzene rings is 2. The van der Waals surface area contributed by atoms with Crippen LogP contribution in [-0.2, 0) is 22.7 Å². The average Bonchev–Trinajstić information content (AvgIpc) is 3.87. The van der Waals surface area contributed by atoms with E-state index in [0.717, 1.165) is 8.67 Å². The normalized spacial score (nSPS) is 17.3. The van der Waals surface area contributed by atoms with Gasteiger partial charge in [-0.05, 0) is 80.2 Å². The molecule has 6 heterocycles. The molecule has 0 saturated carbocycles. The number of thiophene rings is 4. The predicted octanol–water partition coefficient (Wildman–Crippen LogP) is 10.6. The van der Waals surface area contributed by atoms with Crippen molar-refractivity contribution in [2.75, 3.05) is 13.1 Å². The van der Waals surface area contributed by atoms with Crippen molar-refractivity contribution in [1.82, 2.24) is 9.80 Å². The highest BCUT2D eigenvalue weighted by atomic mass is 35.5. The quantitative estimate of drug-likeness (QED) is 0.170. The smallest absolute Gasteiger partial charge is 0.246 e. The minimum atomic E-state index is -0.0234. The van der Waals surface area contributed by atoms with E-state index in [2.05, 4.69) is 84.6 Å². The van der Waals surface area contributed by atoms with Crippen molar-refractivity contribution in [3.63, 3.8) is 0 Å². The molecule has 6 aromatic rings. The highest BCUT2D eigenvalue weighted by molar-refractivity contribution is 7.18. The van der Waals surface area contributed by atoms with E-state index >= 15 is 0 Å². The largest absolute Gasteiger partial charge is 0.333 e. The molecule has 2 amide bonds. The predicted molar refractivity (Wildman–Crippen MR) is 197 cm³/mol. The third-order valence-electron chi connectivity index (χ3n) is 8.59. The molecule has 4 nitrogen and oxygen atoms in total. The van der Waals surface area contributed by atoms with E-state index in [0.29, 0.717) is 26.2 Å². The first-order valence-corrected chi connectivity index (χ1v) is 18.8. The minimum Gasteiger partial charge on any atom is -0.333 e. The Labute approximate surface area is 293 Å². The molecule has 0 spiro atoms. The molecule has 232 valence electrons. The molecule has 2 aliphatic rings. The van der Waals surface area contributed by atoms with Crippen LogP contribution >= 0.6 is 68.5 Å². The standard InChI is InChI=1S/2C18H14ClNOS2/c2*1-2-18(21)20-8-13(12-7-17(19)23-16(12)9-20)14-10-22-15-6-4-3-5-11(14)15/h2*2-7,10,13H,1,8-9H2/t2*13-/m10/s1. The van der Waals surface area contributed by atoms with E-state index in [-0.39, 0.29) is 23.7 Å². The topological polar surface area (TPSA) is 40.6 Å². The highest BCUT2D eigenvalue weighted by Crippen LogP contribution is 2.45. The third-order valence-corrected chi connectivity index (χ3v) is 13.1. The number of fused-ring (bicyclic) bond motifs is 4. The molecule has 0 aliphatic carbocycles. The van der Waals surface area contributed by atoms with Gasteiger partial charge in [0.1, 0.15) is 0 Å². The van der Waals surface area contributed by atoms with Crippen LogP contribution in [0.5, 0.6) is 0 Å². The first-order valence-electron chi connectivity index (χ1n) is 14.7. The van der Waals surface area contributed by atoms with Gasteiger partial charge in [0.25, 0.3) is 0 Å². The molecule has 10 heteroatoms. The Morgan fingerprint density at radius 3 is 1.50 bits per heavy atom. The van der Waals surface area contributed by atoms with Gasteiger partial charge in [-0.3, -0.25) is 9.59 Å². The summed E-state index contributed by atoms with van der Waals surface area (Å²) in [5, 5.41) is 6.96. The van der Waals surface area contributed by atoms with Crippen LogP contribution in [-0.4, -0.2) is 34.7 Å². The monoisotopic (exact) mass is 718 g/mol. The summed E-state index contributed by atoms with van der Waals surface area (Å²) in [5.41, 5.74) is 5.08. The van der Waals surface area contributed by atoms with Crippen LogP contribution in [0.4, 0.5) is 0 Å². The van der Waals surface area contributed by atoms with Crippen LogP contribution in [0.15, 0.2) is 96.7 Å². The number of hydrogen-bond donors (Lipinski definition) is 0. The summed E-state index contributed by atoms with van der Waals surface area (Å²) >= 11 is 19.1. The lowest BCUT2D eigenvalue weighted by molar-refractivity contribution is -0.127. The van der Waals surface area contributed by atoms with Gasteiger partial charge < -0.3 is 9.80 Å². The molecule has 2 atom stereocenters. The minimum absolute atomic E-state index is 0.0234. The lowest BCUT2D eigenvalue weighted by atomic mass is 9.88. The molecular weight excluding hydrogens is 692 g/mol. The number of hydrogen-bond acceptors (Lipinski definition) is 6. The Hall–Kier alpha value is -3.24. The fourth-order valence-electron chi connectivity index (χ4n) is 6.43. The Balaban J connectivity index is 0.000000147. The number of rotatable bonds is 4. The third kappa shape index (κ3) is 5.87. The van der Waals surface area contributed by atoms with Gasteiger partial charge in [0.05, 0.1) is 21.8 Å². The summed E-state index contributed by atoms with van der Waals surface area (Å²) in [5.74, 6) is 0.291. The van der Waals surface area contributed by atoms with Gasteiger partial charge in [-0.1, -0.05) is 72.8 Å². The summed E-state index contributed by atoms with van der Waals surface area (Å²) in [4.78, 5) is 30.4. The van der Waals surface area contributed by atoms with Crippen molar-refractivity contribution in [3.8, 4) is 0 Å². The average molecular weight is 720 g/mol. The van der Waals surface area contributed by atoms with E-state index in [1.807, 2.05) is 9.80 Å². The number of nitrogens with zero attached hydrogens (tertiary/aromatic N) is 2. The van der Waals surface area contributed by atoms with Gasteiger partial charge in [0, 0.05) is 44.1 Å². The number of carbonyl (C=O) groups is 2. The van der Waals surface area contributed by atoms with Gasteiger partial charge in [-0.25, -0.2) is 0 Å². The summed E-state index contributed by atoms with van der Waals surface area (Å²) in [6, 6.07) is 21.0. The van der Waals surface area contributed by atoms with Crippen molar-refractivity contribution < 1.29 is 9.59 Å². The summed E-state index contributed by atoms with van der Waals surface area (Å²) in [6.07, 6.45) is 2.78. The molecule has 46 heavy (non-hydrogen) atoms. The molecule has 2 aromatic carbocycles. The maximum Gasteiger partial charge on any atom is 0.246 e. The lowest BCUT2D eigenvalue weighted by Crippen LogP contribution is -2.36. The van der Waals surface area contributed by atoms with Crippen molar-refractivity contribution in [1.29, 1.82) is 0 Å². The van der Waals surface area contributed by atoms with Crippen LogP contribution in [0, 0.1) is 0 Å². The molecule has 0 fully saturated rings. The van der Waals surface area contributed by atoms with Crippen molar-refractivity contribution >= 4 is 101 Å². The number of carbonyl (C=O) groups excluding carboxylic acids is 2. The second-order valence-electron chi connectivity index (χ2n) is 11.2. The molecule has 2 aliphatic heterocycles. The molecule has 0 bridgehead atoms. The maximum atomic E-state index is 12.1. The molecular formula is C36H28Cl2N2O2S4. The van der Waals surface area contributed by atoms with Gasteiger partial charge in [0.2, 0.25) is 11.8 Å². The first-order chi connectivity index (χ1) is 22.3. The van der Waals surface area contributed by atoms with Crippen LogP contribution in [0.25, 0.3) is 20.2 Å². The Morgan fingerprint density at radius 2 is 1.09 bits per heavy atom. The Bertz CT molecular complexity index is 1970.